The van der Waals surface area contributed by atoms with Crippen molar-refractivity contribution in [1.82, 2.24) is 0 Å². The van der Waals surface area contributed by atoms with Gasteiger partial charge in [-0.05, 0) is 0 Å². The first-order valence-corrected chi connectivity index (χ1v) is 5.67. The van der Waals surface area contributed by atoms with Gasteiger partial charge in [0.25, 0.3) is 0 Å². The summed E-state index contributed by atoms with van der Waals surface area (Å²) in [5.41, 5.74) is 4.99. The summed E-state index contributed by atoms with van der Waals surface area (Å²) in [7, 11) is -4.67. The van der Waals surface area contributed by atoms with E-state index >= 15 is 0 Å². The minimum Gasteiger partial charge on any atom is -0.394 e. The van der Waals surface area contributed by atoms with Gasteiger partial charge in [-0.15, -0.1) is 0 Å². The molecule has 0 rings (SSSR count). The predicted octanol–water partition coefficient (Wildman–Crippen LogP) is -4.27. The average Bonchev–Trinajstić information content (AvgIpc) is 2.22. The third-order valence-electron chi connectivity index (χ3n) is 1.57. The second-order valence-corrected chi connectivity index (χ2v) is 3.88. The second-order valence-electron chi connectivity index (χ2n) is 2.98. The highest BCUT2D eigenvalue weighted by molar-refractivity contribution is 7.79. The van der Waals surface area contributed by atoms with E-state index in [9.17, 15) is 0 Å². The molecule has 0 fully saturated rings. The van der Waals surface area contributed by atoms with Gasteiger partial charge in [-0.3, -0.25) is 9.11 Å². The first kappa shape index (κ1) is 19.0. The molecule has 0 radical (unpaired) electrons. The molecule has 9 N–H and O–H groups in total. The highest BCUT2D eigenvalue weighted by Gasteiger charge is 2.28. The van der Waals surface area contributed by atoms with Crippen molar-refractivity contribution in [2.45, 2.75) is 24.4 Å². The molecule has 4 unspecified atom stereocenters. The summed E-state index contributed by atoms with van der Waals surface area (Å²) < 4.78 is 31.6. The number of aliphatic hydroxyl groups excluding tert-OH is 5. The topological polar surface area (TPSA) is 202 Å². The highest BCUT2D eigenvalue weighted by atomic mass is 32.3. The highest BCUT2D eigenvalue weighted by Crippen LogP contribution is 2.03. The lowest BCUT2D eigenvalue weighted by Gasteiger charge is -2.24. The standard InChI is InChI=1S/C6H15NO5.H2O4S/c7-1-3(9)5(11)6(12)4(10)2-8;1-5(2,3)4/h3-6,8-12H,1-2,7H2;(H2,1,2,3,4). The molecule has 0 saturated carbocycles. The van der Waals surface area contributed by atoms with E-state index in [1.54, 1.807) is 0 Å². The van der Waals surface area contributed by atoms with Crippen LogP contribution in [0, 0.1) is 0 Å². The molecule has 0 saturated heterocycles. The summed E-state index contributed by atoms with van der Waals surface area (Å²) >= 11 is 0. The Labute approximate surface area is 97.5 Å². The van der Waals surface area contributed by atoms with Gasteiger partial charge in [0, 0.05) is 6.54 Å². The molecule has 11 heteroatoms. The van der Waals surface area contributed by atoms with E-state index in [0.717, 1.165) is 0 Å². The zero-order valence-corrected chi connectivity index (χ0v) is 9.47. The average molecular weight is 279 g/mol. The molecule has 4 atom stereocenters. The SMILES string of the molecule is NCC(O)C(O)C(O)C(O)CO.O=S(=O)(O)O. The number of nitrogens with two attached hydrogens (primary N) is 1. The Morgan fingerprint density at radius 2 is 1.24 bits per heavy atom. The Bertz CT molecular complexity index is 259. The third kappa shape index (κ3) is 11.9. The van der Waals surface area contributed by atoms with Crippen molar-refractivity contribution in [3.05, 3.63) is 0 Å². The molecular weight excluding hydrogens is 262 g/mol. The van der Waals surface area contributed by atoms with Crippen LogP contribution in [0.1, 0.15) is 0 Å². The Morgan fingerprint density at radius 3 is 1.47 bits per heavy atom. The van der Waals surface area contributed by atoms with Crippen LogP contribution in [0.5, 0.6) is 0 Å². The Hall–Kier alpha value is -0.370. The molecule has 0 aromatic carbocycles. The van der Waals surface area contributed by atoms with Gasteiger partial charge in [0.05, 0.1) is 12.7 Å². The molecule has 0 aromatic heterocycles. The van der Waals surface area contributed by atoms with Crippen molar-refractivity contribution in [2.75, 3.05) is 13.2 Å². The smallest absolute Gasteiger partial charge is 0.394 e. The fraction of sp³-hybridized carbons (Fsp3) is 1.00. The molecular formula is C6H17NO9S. The van der Waals surface area contributed by atoms with Gasteiger partial charge in [0.1, 0.15) is 18.3 Å². The van der Waals surface area contributed by atoms with Crippen molar-refractivity contribution in [2.24, 2.45) is 5.73 Å². The van der Waals surface area contributed by atoms with E-state index in [-0.39, 0.29) is 6.54 Å². The third-order valence-corrected chi connectivity index (χ3v) is 1.57. The van der Waals surface area contributed by atoms with Crippen LogP contribution < -0.4 is 5.73 Å². The molecule has 0 aromatic rings. The van der Waals surface area contributed by atoms with Crippen LogP contribution in [0.15, 0.2) is 0 Å². The molecule has 0 aliphatic carbocycles. The largest absolute Gasteiger partial charge is 0.394 e. The quantitative estimate of drug-likeness (QED) is 0.227. The van der Waals surface area contributed by atoms with E-state index in [2.05, 4.69) is 0 Å². The van der Waals surface area contributed by atoms with Crippen molar-refractivity contribution in [1.29, 1.82) is 0 Å². The number of hydrogen-bond donors (Lipinski definition) is 8. The first-order chi connectivity index (χ1) is 7.54. The maximum absolute atomic E-state index is 9.04. The maximum Gasteiger partial charge on any atom is 0.394 e. The summed E-state index contributed by atoms with van der Waals surface area (Å²) in [5, 5.41) is 44.2. The number of rotatable bonds is 5. The molecule has 0 spiro atoms. The van der Waals surface area contributed by atoms with Gasteiger partial charge in [-0.2, -0.15) is 8.42 Å². The molecule has 0 aliphatic rings. The van der Waals surface area contributed by atoms with Crippen molar-refractivity contribution < 1.29 is 43.1 Å². The van der Waals surface area contributed by atoms with Gasteiger partial charge in [0.2, 0.25) is 0 Å². The lowest BCUT2D eigenvalue weighted by atomic mass is 10.0. The second kappa shape index (κ2) is 8.68. The fourth-order valence-corrected chi connectivity index (χ4v) is 0.703. The van der Waals surface area contributed by atoms with Crippen LogP contribution in [-0.4, -0.2) is 80.6 Å². The Balaban J connectivity index is 0. The summed E-state index contributed by atoms with van der Waals surface area (Å²) in [5.74, 6) is 0. The fourth-order valence-electron chi connectivity index (χ4n) is 0.703. The van der Waals surface area contributed by atoms with Gasteiger partial charge in [-0.1, -0.05) is 0 Å². The molecule has 17 heavy (non-hydrogen) atoms. The maximum atomic E-state index is 9.04. The lowest BCUT2D eigenvalue weighted by molar-refractivity contribution is -0.112. The van der Waals surface area contributed by atoms with Crippen LogP contribution in [0.4, 0.5) is 0 Å². The van der Waals surface area contributed by atoms with E-state index in [4.69, 9.17) is 48.8 Å². The van der Waals surface area contributed by atoms with Crippen molar-refractivity contribution in [3.63, 3.8) is 0 Å². The molecule has 0 bridgehead atoms. The Morgan fingerprint density at radius 1 is 0.941 bits per heavy atom. The van der Waals surface area contributed by atoms with Crippen LogP contribution in [0.2, 0.25) is 0 Å². The van der Waals surface area contributed by atoms with Gasteiger partial charge < -0.3 is 31.3 Å². The predicted molar refractivity (Wildman–Crippen MR) is 54.3 cm³/mol. The van der Waals surface area contributed by atoms with Crippen LogP contribution in [0.25, 0.3) is 0 Å². The minimum absolute atomic E-state index is 0.226. The normalized spacial score (nSPS) is 18.6. The van der Waals surface area contributed by atoms with Crippen LogP contribution >= 0.6 is 0 Å². The van der Waals surface area contributed by atoms with E-state index in [1.807, 2.05) is 0 Å². The van der Waals surface area contributed by atoms with E-state index in [0.29, 0.717) is 0 Å². The van der Waals surface area contributed by atoms with Crippen molar-refractivity contribution >= 4 is 10.4 Å². The molecule has 0 aliphatic heterocycles. The van der Waals surface area contributed by atoms with Crippen molar-refractivity contribution in [3.8, 4) is 0 Å². The minimum atomic E-state index is -4.67. The number of hydrogen-bond acceptors (Lipinski definition) is 8. The van der Waals surface area contributed by atoms with E-state index in [1.165, 1.54) is 0 Å². The van der Waals surface area contributed by atoms with Crippen LogP contribution in [0.3, 0.4) is 0 Å². The molecule has 10 nitrogen and oxygen atoms in total. The van der Waals surface area contributed by atoms with Gasteiger partial charge in [-0.25, -0.2) is 0 Å². The monoisotopic (exact) mass is 279 g/mol. The molecule has 106 valence electrons. The first-order valence-electron chi connectivity index (χ1n) is 4.27. The van der Waals surface area contributed by atoms with Crippen LogP contribution in [-0.2, 0) is 10.4 Å². The summed E-state index contributed by atoms with van der Waals surface area (Å²) in [4.78, 5) is 0. The zero-order chi connectivity index (χ0) is 14.2. The molecule has 0 heterocycles. The summed E-state index contributed by atoms with van der Waals surface area (Å²) in [6, 6.07) is 0. The van der Waals surface area contributed by atoms with E-state index < -0.39 is 41.4 Å². The zero-order valence-electron chi connectivity index (χ0n) is 8.66. The Kier molecular flexibility index (Phi) is 9.69. The van der Waals surface area contributed by atoms with Gasteiger partial charge >= 0.3 is 10.4 Å². The lowest BCUT2D eigenvalue weighted by Crippen LogP contribution is -2.48. The molecule has 0 amide bonds. The van der Waals surface area contributed by atoms with Gasteiger partial charge in [0.15, 0.2) is 0 Å². The summed E-state index contributed by atoms with van der Waals surface area (Å²) in [6.07, 6.45) is -5.91. The number of aliphatic hydroxyl groups is 5. The summed E-state index contributed by atoms with van der Waals surface area (Å²) in [6.45, 7) is -0.911.